The predicted octanol–water partition coefficient (Wildman–Crippen LogP) is 6.79. The maximum absolute atomic E-state index is 13.0. The number of carbonyl (C=O) groups excluding carboxylic acids is 2. The highest BCUT2D eigenvalue weighted by Gasteiger charge is 2.27. The lowest BCUT2D eigenvalue weighted by Gasteiger charge is -2.24. The van der Waals surface area contributed by atoms with Gasteiger partial charge < -0.3 is 15.0 Å². The molecule has 0 radical (unpaired) electrons. The summed E-state index contributed by atoms with van der Waals surface area (Å²) in [4.78, 5) is 27.6. The van der Waals surface area contributed by atoms with E-state index in [0.29, 0.717) is 30.8 Å². The van der Waals surface area contributed by atoms with Crippen LogP contribution in [-0.2, 0) is 4.79 Å². The number of rotatable bonds is 10. The van der Waals surface area contributed by atoms with E-state index in [4.69, 9.17) is 4.74 Å². The topological polar surface area (TPSA) is 58.6 Å². The molecule has 35 heavy (non-hydrogen) atoms. The van der Waals surface area contributed by atoms with E-state index in [-0.39, 0.29) is 11.8 Å². The van der Waals surface area contributed by atoms with Crippen molar-refractivity contribution in [3.05, 3.63) is 89.5 Å². The third-order valence-corrected chi connectivity index (χ3v) is 6.18. The van der Waals surface area contributed by atoms with Gasteiger partial charge in [0.1, 0.15) is 5.75 Å². The van der Waals surface area contributed by atoms with Gasteiger partial charge in [-0.1, -0.05) is 44.2 Å². The van der Waals surface area contributed by atoms with Gasteiger partial charge in [0.25, 0.3) is 5.91 Å². The van der Waals surface area contributed by atoms with Gasteiger partial charge in [0.15, 0.2) is 0 Å². The van der Waals surface area contributed by atoms with Crippen LogP contribution in [0.2, 0.25) is 0 Å². The van der Waals surface area contributed by atoms with Crippen molar-refractivity contribution in [3.63, 3.8) is 0 Å². The lowest BCUT2D eigenvalue weighted by Crippen LogP contribution is -2.31. The van der Waals surface area contributed by atoms with E-state index in [2.05, 4.69) is 17.4 Å². The number of hydrogen-bond acceptors (Lipinski definition) is 3. The minimum Gasteiger partial charge on any atom is -0.493 e. The molecule has 3 aromatic rings. The van der Waals surface area contributed by atoms with Crippen molar-refractivity contribution in [2.24, 2.45) is 5.41 Å². The zero-order valence-electron chi connectivity index (χ0n) is 21.4. The molecule has 0 bridgehead atoms. The summed E-state index contributed by atoms with van der Waals surface area (Å²) in [5.74, 6) is 0.777. The van der Waals surface area contributed by atoms with Gasteiger partial charge >= 0.3 is 0 Å². The van der Waals surface area contributed by atoms with Crippen molar-refractivity contribution in [1.82, 2.24) is 0 Å². The van der Waals surface area contributed by atoms with Crippen molar-refractivity contribution in [1.29, 1.82) is 0 Å². The third-order valence-electron chi connectivity index (χ3n) is 6.18. The number of carbonyl (C=O) groups is 2. The van der Waals surface area contributed by atoms with Gasteiger partial charge in [-0.15, -0.1) is 0 Å². The van der Waals surface area contributed by atoms with Crippen LogP contribution in [0.3, 0.4) is 0 Å². The normalized spacial score (nSPS) is 11.1. The monoisotopic (exact) mass is 472 g/mol. The Morgan fingerprint density at radius 2 is 1.63 bits per heavy atom. The lowest BCUT2D eigenvalue weighted by molar-refractivity contribution is -0.124. The van der Waals surface area contributed by atoms with Gasteiger partial charge in [-0.2, -0.15) is 0 Å². The predicted molar refractivity (Wildman–Crippen MR) is 143 cm³/mol. The quantitative estimate of drug-likeness (QED) is 0.330. The van der Waals surface area contributed by atoms with Crippen LogP contribution < -0.4 is 15.0 Å². The summed E-state index contributed by atoms with van der Waals surface area (Å²) in [6.07, 6.45) is 1.47. The Hall–Kier alpha value is -3.60. The smallest absolute Gasteiger partial charge is 0.258 e. The molecule has 0 unspecified atom stereocenters. The van der Waals surface area contributed by atoms with Gasteiger partial charge in [0.05, 0.1) is 6.61 Å². The third kappa shape index (κ3) is 6.95. The molecule has 5 heteroatoms. The van der Waals surface area contributed by atoms with Crippen LogP contribution in [0, 0.1) is 19.3 Å². The summed E-state index contributed by atoms with van der Waals surface area (Å²) in [5, 5.41) is 2.99. The molecule has 3 rings (SSSR count). The van der Waals surface area contributed by atoms with E-state index >= 15 is 0 Å². The summed E-state index contributed by atoms with van der Waals surface area (Å²) >= 11 is 0. The summed E-state index contributed by atoms with van der Waals surface area (Å²) in [7, 11) is 0. The molecule has 184 valence electrons. The number of hydrogen-bond donors (Lipinski definition) is 1. The zero-order valence-corrected chi connectivity index (χ0v) is 21.4. The summed E-state index contributed by atoms with van der Waals surface area (Å²) in [5.41, 5.74) is 3.85. The number of nitrogens with one attached hydrogen (secondary N) is 1. The molecule has 2 amide bonds. The summed E-state index contributed by atoms with van der Waals surface area (Å²) < 4.78 is 5.94. The molecule has 0 saturated carbocycles. The van der Waals surface area contributed by atoms with Gasteiger partial charge in [-0.3, -0.25) is 9.59 Å². The fraction of sp³-hybridized carbons (Fsp3) is 0.333. The molecule has 0 atom stereocenters. The van der Waals surface area contributed by atoms with Gasteiger partial charge in [-0.05, 0) is 87.2 Å². The average molecular weight is 473 g/mol. The fourth-order valence-electron chi connectivity index (χ4n) is 3.88. The molecule has 0 aromatic heterocycles. The minimum atomic E-state index is -0.550. The summed E-state index contributed by atoms with van der Waals surface area (Å²) in [6.45, 7) is 11.1. The molecular formula is C30H36N2O3. The second-order valence-corrected chi connectivity index (χ2v) is 9.52. The van der Waals surface area contributed by atoms with Crippen molar-refractivity contribution < 1.29 is 14.3 Å². The first-order valence-electron chi connectivity index (χ1n) is 12.2. The van der Waals surface area contributed by atoms with E-state index in [0.717, 1.165) is 23.4 Å². The van der Waals surface area contributed by atoms with E-state index < -0.39 is 5.41 Å². The SMILES string of the molecule is CCN(C(=O)c1ccc(NC(=O)C(C)(C)CCCOc2cc(C)ccc2C)cc1)c1ccccc1. The van der Waals surface area contributed by atoms with Crippen LogP contribution in [0.4, 0.5) is 11.4 Å². The standard InChI is InChI=1S/C30H36N2O3/c1-6-32(26-11-8-7-9-12-26)28(33)24-15-17-25(18-16-24)31-29(34)30(4,5)19-10-20-35-27-21-22(2)13-14-23(27)3/h7-9,11-18,21H,6,10,19-20H2,1-5H3,(H,31,34). The van der Waals surface area contributed by atoms with E-state index in [9.17, 15) is 9.59 Å². The minimum absolute atomic E-state index is 0.0530. The second-order valence-electron chi connectivity index (χ2n) is 9.52. The first kappa shape index (κ1) is 26.0. The molecule has 0 saturated heterocycles. The van der Waals surface area contributed by atoms with E-state index in [1.807, 2.05) is 71.0 Å². The number of nitrogens with zero attached hydrogens (tertiary/aromatic N) is 1. The molecule has 0 spiro atoms. The molecule has 0 aliphatic heterocycles. The molecular weight excluding hydrogens is 436 g/mol. The van der Waals surface area contributed by atoms with E-state index in [1.165, 1.54) is 5.56 Å². The highest BCUT2D eigenvalue weighted by atomic mass is 16.5. The van der Waals surface area contributed by atoms with Gasteiger partial charge in [0, 0.05) is 28.9 Å². The van der Waals surface area contributed by atoms with Crippen molar-refractivity contribution in [2.45, 2.75) is 47.5 Å². The number of anilines is 2. The average Bonchev–Trinajstić information content (AvgIpc) is 2.85. The first-order valence-corrected chi connectivity index (χ1v) is 12.2. The van der Waals surface area contributed by atoms with Crippen molar-refractivity contribution >= 4 is 23.2 Å². The van der Waals surface area contributed by atoms with Crippen molar-refractivity contribution in [3.8, 4) is 5.75 Å². The van der Waals surface area contributed by atoms with Crippen LogP contribution >= 0.6 is 0 Å². The Balaban J connectivity index is 1.54. The zero-order chi connectivity index (χ0) is 25.4. The Morgan fingerprint density at radius 3 is 2.29 bits per heavy atom. The Labute approximate surface area is 209 Å². The Kier molecular flexibility index (Phi) is 8.69. The Morgan fingerprint density at radius 1 is 0.943 bits per heavy atom. The number of para-hydroxylation sites is 1. The molecule has 0 aliphatic rings. The van der Waals surface area contributed by atoms with Gasteiger partial charge in [0.2, 0.25) is 5.91 Å². The van der Waals surface area contributed by atoms with Crippen molar-refractivity contribution in [2.75, 3.05) is 23.4 Å². The molecule has 3 aromatic carbocycles. The molecule has 0 fully saturated rings. The highest BCUT2D eigenvalue weighted by molar-refractivity contribution is 6.06. The van der Waals surface area contributed by atoms with Crippen LogP contribution in [0.5, 0.6) is 5.75 Å². The number of ether oxygens (including phenoxy) is 1. The Bertz CT molecular complexity index is 1140. The van der Waals surface area contributed by atoms with Crippen LogP contribution in [0.1, 0.15) is 55.1 Å². The maximum atomic E-state index is 13.0. The number of amides is 2. The van der Waals surface area contributed by atoms with Crippen LogP contribution in [0.25, 0.3) is 0 Å². The summed E-state index contributed by atoms with van der Waals surface area (Å²) in [6, 6.07) is 22.9. The second kappa shape index (κ2) is 11.7. The molecule has 0 heterocycles. The van der Waals surface area contributed by atoms with Crippen LogP contribution in [-0.4, -0.2) is 25.0 Å². The highest BCUT2D eigenvalue weighted by Crippen LogP contribution is 2.26. The first-order chi connectivity index (χ1) is 16.7. The maximum Gasteiger partial charge on any atom is 0.258 e. The fourth-order valence-corrected chi connectivity index (χ4v) is 3.88. The largest absolute Gasteiger partial charge is 0.493 e. The molecule has 0 aliphatic carbocycles. The molecule has 5 nitrogen and oxygen atoms in total. The lowest BCUT2D eigenvalue weighted by atomic mass is 9.87. The number of benzene rings is 3. The van der Waals surface area contributed by atoms with Crippen LogP contribution in [0.15, 0.2) is 72.8 Å². The van der Waals surface area contributed by atoms with Gasteiger partial charge in [-0.25, -0.2) is 0 Å². The number of aryl methyl sites for hydroxylation is 2. The van der Waals surface area contributed by atoms with E-state index in [1.54, 1.807) is 29.2 Å². The molecule has 1 N–H and O–H groups in total.